The standard InChI is InChI=1S/C10H14N2O2/c1-12(8-10(13)14)7-5-9-4-2-3-6-11-9/h2-4,6H,5,7-8H2,1H3,(H,13,14). The summed E-state index contributed by atoms with van der Waals surface area (Å²) in [7, 11) is 1.83. The highest BCUT2D eigenvalue weighted by molar-refractivity contribution is 5.65. The fourth-order valence-corrected chi connectivity index (χ4v) is 1.22. The van der Waals surface area contributed by atoms with Gasteiger partial charge in [0, 0.05) is 18.3 Å². The minimum Gasteiger partial charge on any atom is -0.544 e. The van der Waals surface area contributed by atoms with Gasteiger partial charge in [-0.3, -0.25) is 4.98 Å². The van der Waals surface area contributed by atoms with Gasteiger partial charge >= 0.3 is 0 Å². The van der Waals surface area contributed by atoms with Gasteiger partial charge in [0.05, 0.1) is 19.6 Å². The van der Waals surface area contributed by atoms with Crippen LogP contribution in [-0.4, -0.2) is 31.1 Å². The minimum atomic E-state index is -1.01. The summed E-state index contributed by atoms with van der Waals surface area (Å²) in [6.45, 7) is 0.803. The second-order valence-corrected chi connectivity index (χ2v) is 3.33. The second-order valence-electron chi connectivity index (χ2n) is 3.33. The van der Waals surface area contributed by atoms with Crippen LogP contribution in [0.5, 0.6) is 0 Å². The molecule has 0 bridgehead atoms. The van der Waals surface area contributed by atoms with Gasteiger partial charge in [0.2, 0.25) is 0 Å². The summed E-state index contributed by atoms with van der Waals surface area (Å²) in [5, 5.41) is 10.3. The van der Waals surface area contributed by atoms with Crippen LogP contribution in [0.3, 0.4) is 0 Å². The number of quaternary nitrogens is 1. The van der Waals surface area contributed by atoms with Crippen LogP contribution in [-0.2, 0) is 11.2 Å². The number of carboxylic acids is 1. The summed E-state index contributed by atoms with van der Waals surface area (Å²) in [5.74, 6) is -1.01. The van der Waals surface area contributed by atoms with Crippen molar-refractivity contribution in [1.29, 1.82) is 0 Å². The fraction of sp³-hybridized carbons (Fsp3) is 0.400. The summed E-state index contributed by atoms with van der Waals surface area (Å²) < 4.78 is 0. The number of hydrogen-bond acceptors (Lipinski definition) is 3. The first-order chi connectivity index (χ1) is 6.68. The molecule has 14 heavy (non-hydrogen) atoms. The zero-order valence-electron chi connectivity index (χ0n) is 8.19. The summed E-state index contributed by atoms with van der Waals surface area (Å²) in [6, 6.07) is 5.73. The smallest absolute Gasteiger partial charge is 0.117 e. The molecule has 0 aliphatic rings. The Morgan fingerprint density at radius 3 is 2.93 bits per heavy atom. The quantitative estimate of drug-likeness (QED) is 0.583. The molecule has 1 atom stereocenters. The normalized spacial score (nSPS) is 12.4. The molecule has 4 heteroatoms. The Bertz CT molecular complexity index is 287. The fourth-order valence-electron chi connectivity index (χ4n) is 1.22. The third-order valence-electron chi connectivity index (χ3n) is 1.98. The molecule has 1 rings (SSSR count). The highest BCUT2D eigenvalue weighted by Gasteiger charge is 2.02. The van der Waals surface area contributed by atoms with E-state index in [2.05, 4.69) is 4.98 Å². The van der Waals surface area contributed by atoms with E-state index in [1.165, 1.54) is 0 Å². The average molecular weight is 194 g/mol. The molecule has 1 unspecified atom stereocenters. The number of carbonyl (C=O) groups excluding carboxylic acids is 1. The lowest BCUT2D eigenvalue weighted by Gasteiger charge is -2.13. The Labute approximate surface area is 83.2 Å². The van der Waals surface area contributed by atoms with Gasteiger partial charge in [-0.1, -0.05) is 6.07 Å². The molecule has 4 nitrogen and oxygen atoms in total. The Morgan fingerprint density at radius 1 is 1.57 bits per heavy atom. The predicted octanol–water partition coefficient (Wildman–Crippen LogP) is -2.11. The van der Waals surface area contributed by atoms with Crippen molar-refractivity contribution < 1.29 is 14.8 Å². The molecule has 0 radical (unpaired) electrons. The molecule has 0 aromatic carbocycles. The average Bonchev–Trinajstić information content (AvgIpc) is 2.15. The number of aliphatic carboxylic acids is 1. The molecule has 0 aliphatic carbocycles. The highest BCUT2D eigenvalue weighted by atomic mass is 16.4. The second kappa shape index (κ2) is 5.34. The highest BCUT2D eigenvalue weighted by Crippen LogP contribution is 1.91. The maximum Gasteiger partial charge on any atom is 0.117 e. The number of nitrogens with zero attached hydrogens (tertiary/aromatic N) is 1. The van der Waals surface area contributed by atoms with Crippen molar-refractivity contribution in [2.24, 2.45) is 0 Å². The van der Waals surface area contributed by atoms with Crippen LogP contribution in [0.25, 0.3) is 0 Å². The van der Waals surface area contributed by atoms with E-state index in [1.54, 1.807) is 6.20 Å². The molecule has 0 spiro atoms. The molecule has 0 amide bonds. The summed E-state index contributed by atoms with van der Waals surface area (Å²) in [5.41, 5.74) is 0.991. The van der Waals surface area contributed by atoms with E-state index in [0.29, 0.717) is 0 Å². The van der Waals surface area contributed by atoms with Crippen molar-refractivity contribution in [3.8, 4) is 0 Å². The van der Waals surface area contributed by atoms with E-state index < -0.39 is 5.97 Å². The number of pyridine rings is 1. The molecule has 0 fully saturated rings. The Morgan fingerprint density at radius 2 is 2.36 bits per heavy atom. The zero-order valence-corrected chi connectivity index (χ0v) is 8.19. The lowest BCUT2D eigenvalue weighted by atomic mass is 10.2. The van der Waals surface area contributed by atoms with Crippen molar-refractivity contribution in [3.05, 3.63) is 30.1 Å². The maximum absolute atomic E-state index is 10.3. The lowest BCUT2D eigenvalue weighted by Crippen LogP contribution is -3.10. The van der Waals surface area contributed by atoms with Crippen molar-refractivity contribution >= 4 is 5.97 Å². The topological polar surface area (TPSA) is 57.5 Å². The molecule has 0 saturated carbocycles. The zero-order chi connectivity index (χ0) is 10.4. The monoisotopic (exact) mass is 194 g/mol. The first-order valence-corrected chi connectivity index (χ1v) is 4.59. The number of carboxylic acid groups (broad SMARTS) is 1. The van der Waals surface area contributed by atoms with Gasteiger partial charge in [-0.25, -0.2) is 0 Å². The number of likely N-dealkylation sites (N-methyl/N-ethyl adjacent to an activating group) is 1. The van der Waals surface area contributed by atoms with Crippen LogP contribution < -0.4 is 10.0 Å². The van der Waals surface area contributed by atoms with Gasteiger partial charge < -0.3 is 14.8 Å². The first kappa shape index (κ1) is 10.7. The number of aromatic nitrogens is 1. The Hall–Kier alpha value is -1.42. The molecule has 1 aromatic rings. The molecular formula is C10H14N2O2. The third kappa shape index (κ3) is 4.00. The largest absolute Gasteiger partial charge is 0.544 e. The van der Waals surface area contributed by atoms with E-state index in [0.717, 1.165) is 23.6 Å². The molecule has 0 aliphatic heterocycles. The third-order valence-corrected chi connectivity index (χ3v) is 1.98. The van der Waals surface area contributed by atoms with Gasteiger partial charge in [-0.05, 0) is 12.1 Å². The van der Waals surface area contributed by atoms with Gasteiger partial charge in [-0.15, -0.1) is 0 Å². The molecule has 1 heterocycles. The summed E-state index contributed by atoms with van der Waals surface area (Å²) >= 11 is 0. The molecule has 1 N–H and O–H groups in total. The maximum atomic E-state index is 10.3. The van der Waals surface area contributed by atoms with Crippen LogP contribution in [0.1, 0.15) is 5.69 Å². The van der Waals surface area contributed by atoms with Gasteiger partial charge in [0.25, 0.3) is 0 Å². The van der Waals surface area contributed by atoms with Crippen LogP contribution >= 0.6 is 0 Å². The minimum absolute atomic E-state index is 0.0484. The molecule has 76 valence electrons. The number of hydrogen-bond donors (Lipinski definition) is 1. The van der Waals surface area contributed by atoms with Crippen molar-refractivity contribution in [2.75, 3.05) is 20.1 Å². The Kier molecular flexibility index (Phi) is 4.07. The van der Waals surface area contributed by atoms with Crippen LogP contribution in [0.15, 0.2) is 24.4 Å². The molecule has 1 aromatic heterocycles. The van der Waals surface area contributed by atoms with Crippen molar-refractivity contribution in [3.63, 3.8) is 0 Å². The summed E-state index contributed by atoms with van der Waals surface area (Å²) in [6.07, 6.45) is 2.53. The van der Waals surface area contributed by atoms with Crippen LogP contribution in [0, 0.1) is 0 Å². The van der Waals surface area contributed by atoms with E-state index in [1.807, 2.05) is 25.2 Å². The van der Waals surface area contributed by atoms with Gasteiger partial charge in [-0.2, -0.15) is 0 Å². The molecular weight excluding hydrogens is 180 g/mol. The van der Waals surface area contributed by atoms with Gasteiger partial charge in [0.1, 0.15) is 6.54 Å². The SMILES string of the molecule is C[NH+](CCc1ccccn1)CC(=O)[O-]. The van der Waals surface area contributed by atoms with Crippen LogP contribution in [0.4, 0.5) is 0 Å². The van der Waals surface area contributed by atoms with Crippen LogP contribution in [0.2, 0.25) is 0 Å². The Balaban J connectivity index is 2.30. The lowest BCUT2D eigenvalue weighted by molar-refractivity contribution is -0.873. The van der Waals surface area contributed by atoms with Crippen molar-refractivity contribution in [2.45, 2.75) is 6.42 Å². The number of carbonyl (C=O) groups is 1. The number of nitrogens with one attached hydrogen (secondary N) is 1. The summed E-state index contributed by atoms with van der Waals surface area (Å²) in [4.78, 5) is 15.4. The number of rotatable bonds is 5. The van der Waals surface area contributed by atoms with E-state index in [9.17, 15) is 9.90 Å². The van der Waals surface area contributed by atoms with E-state index in [4.69, 9.17) is 0 Å². The van der Waals surface area contributed by atoms with Crippen molar-refractivity contribution in [1.82, 2.24) is 4.98 Å². The van der Waals surface area contributed by atoms with E-state index in [-0.39, 0.29) is 6.54 Å². The predicted molar refractivity (Wildman–Crippen MR) is 49.6 cm³/mol. The van der Waals surface area contributed by atoms with Gasteiger partial charge in [0.15, 0.2) is 0 Å². The molecule has 0 saturated heterocycles. The first-order valence-electron chi connectivity index (χ1n) is 4.59. The van der Waals surface area contributed by atoms with E-state index >= 15 is 0 Å².